The lowest BCUT2D eigenvalue weighted by Crippen LogP contribution is -1.99. The fourth-order valence-corrected chi connectivity index (χ4v) is 2.12. The molecule has 0 saturated carbocycles. The van der Waals surface area contributed by atoms with Crippen molar-refractivity contribution in [3.63, 3.8) is 0 Å². The number of benzene rings is 2. The summed E-state index contributed by atoms with van der Waals surface area (Å²) < 4.78 is 11.7. The average molecular weight is 337 g/mol. The van der Waals surface area contributed by atoms with Crippen LogP contribution in [0, 0.1) is 0 Å². The van der Waals surface area contributed by atoms with E-state index in [1.807, 2.05) is 43.3 Å². The predicted octanol–water partition coefficient (Wildman–Crippen LogP) is 4.18. The van der Waals surface area contributed by atoms with Gasteiger partial charge in [-0.3, -0.25) is 0 Å². The molecule has 0 saturated heterocycles. The van der Waals surface area contributed by atoms with Crippen molar-refractivity contribution in [1.29, 1.82) is 0 Å². The fourth-order valence-electron chi connectivity index (χ4n) is 1.78. The SMILES string of the molecule is CCOc1cc(Nc2cc(OC)ccc2Br)ccc1N. The van der Waals surface area contributed by atoms with E-state index in [4.69, 9.17) is 15.2 Å². The second-order valence-corrected chi connectivity index (χ2v) is 5.01. The number of nitrogens with one attached hydrogen (secondary N) is 1. The molecule has 2 aromatic rings. The minimum Gasteiger partial charge on any atom is -0.497 e. The number of halogens is 1. The van der Waals surface area contributed by atoms with Crippen molar-refractivity contribution < 1.29 is 9.47 Å². The number of methoxy groups -OCH3 is 1. The van der Waals surface area contributed by atoms with Gasteiger partial charge in [0.15, 0.2) is 0 Å². The first kappa shape index (κ1) is 14.5. The summed E-state index contributed by atoms with van der Waals surface area (Å²) in [5.41, 5.74) is 8.30. The molecule has 5 heteroatoms. The quantitative estimate of drug-likeness (QED) is 0.804. The number of ether oxygens (including phenoxy) is 2. The molecule has 0 spiro atoms. The molecule has 0 aliphatic carbocycles. The Labute approximate surface area is 127 Å². The summed E-state index contributed by atoms with van der Waals surface area (Å²) in [4.78, 5) is 0. The highest BCUT2D eigenvalue weighted by atomic mass is 79.9. The first-order valence-electron chi connectivity index (χ1n) is 6.27. The molecule has 0 aliphatic heterocycles. The second kappa shape index (κ2) is 6.52. The molecule has 20 heavy (non-hydrogen) atoms. The summed E-state index contributed by atoms with van der Waals surface area (Å²) >= 11 is 3.51. The van der Waals surface area contributed by atoms with E-state index < -0.39 is 0 Å². The molecule has 2 aromatic carbocycles. The number of rotatable bonds is 5. The van der Waals surface area contributed by atoms with Crippen molar-refractivity contribution in [2.45, 2.75) is 6.92 Å². The van der Waals surface area contributed by atoms with Gasteiger partial charge in [0, 0.05) is 22.3 Å². The summed E-state index contributed by atoms with van der Waals surface area (Å²) in [7, 11) is 1.64. The van der Waals surface area contributed by atoms with Crippen molar-refractivity contribution in [3.8, 4) is 11.5 Å². The first-order valence-corrected chi connectivity index (χ1v) is 7.06. The fraction of sp³-hybridized carbons (Fsp3) is 0.200. The molecular weight excluding hydrogens is 320 g/mol. The van der Waals surface area contributed by atoms with E-state index in [0.717, 1.165) is 21.6 Å². The second-order valence-electron chi connectivity index (χ2n) is 4.16. The molecule has 0 bridgehead atoms. The maximum absolute atomic E-state index is 5.86. The lowest BCUT2D eigenvalue weighted by atomic mass is 10.2. The van der Waals surface area contributed by atoms with Gasteiger partial charge in [0.05, 0.1) is 25.1 Å². The Hall–Kier alpha value is -1.88. The van der Waals surface area contributed by atoms with Gasteiger partial charge in [-0.25, -0.2) is 0 Å². The number of anilines is 3. The highest BCUT2D eigenvalue weighted by molar-refractivity contribution is 9.10. The normalized spacial score (nSPS) is 10.2. The highest BCUT2D eigenvalue weighted by Gasteiger charge is 2.05. The minimum absolute atomic E-state index is 0.580. The zero-order chi connectivity index (χ0) is 14.5. The molecule has 0 unspecified atom stereocenters. The van der Waals surface area contributed by atoms with Crippen LogP contribution in [-0.2, 0) is 0 Å². The Morgan fingerprint density at radius 3 is 2.70 bits per heavy atom. The number of hydrogen-bond donors (Lipinski definition) is 2. The molecule has 0 fully saturated rings. The molecule has 3 N–H and O–H groups in total. The van der Waals surface area contributed by atoms with E-state index >= 15 is 0 Å². The van der Waals surface area contributed by atoms with Crippen molar-refractivity contribution in [3.05, 3.63) is 40.9 Å². The van der Waals surface area contributed by atoms with Crippen molar-refractivity contribution in [2.24, 2.45) is 0 Å². The molecule has 2 rings (SSSR count). The van der Waals surface area contributed by atoms with Gasteiger partial charge in [-0.1, -0.05) is 0 Å². The van der Waals surface area contributed by atoms with Crippen LogP contribution in [0.2, 0.25) is 0 Å². The molecule has 0 aromatic heterocycles. The Balaban J connectivity index is 2.27. The van der Waals surface area contributed by atoms with Crippen LogP contribution >= 0.6 is 15.9 Å². The largest absolute Gasteiger partial charge is 0.497 e. The summed E-state index contributed by atoms with van der Waals surface area (Å²) in [5.74, 6) is 1.47. The summed E-state index contributed by atoms with van der Waals surface area (Å²) in [6.45, 7) is 2.51. The maximum Gasteiger partial charge on any atom is 0.144 e. The molecule has 0 radical (unpaired) electrons. The van der Waals surface area contributed by atoms with Gasteiger partial charge < -0.3 is 20.5 Å². The monoisotopic (exact) mass is 336 g/mol. The summed E-state index contributed by atoms with van der Waals surface area (Å²) in [5, 5.41) is 3.31. The molecule has 106 valence electrons. The lowest BCUT2D eigenvalue weighted by Gasteiger charge is -2.13. The number of nitrogen functional groups attached to an aromatic ring is 1. The van der Waals surface area contributed by atoms with Gasteiger partial charge in [-0.15, -0.1) is 0 Å². The Morgan fingerprint density at radius 2 is 2.00 bits per heavy atom. The van der Waals surface area contributed by atoms with Crippen LogP contribution in [0.1, 0.15) is 6.92 Å². The predicted molar refractivity (Wildman–Crippen MR) is 86.0 cm³/mol. The van der Waals surface area contributed by atoms with Crippen LogP contribution in [0.4, 0.5) is 17.1 Å². The molecule has 0 atom stereocenters. The van der Waals surface area contributed by atoms with Crippen molar-refractivity contribution in [2.75, 3.05) is 24.8 Å². The molecule has 0 amide bonds. The van der Waals surface area contributed by atoms with E-state index in [2.05, 4.69) is 21.2 Å². The third-order valence-corrected chi connectivity index (χ3v) is 3.46. The van der Waals surface area contributed by atoms with Gasteiger partial charge >= 0.3 is 0 Å². The van der Waals surface area contributed by atoms with Crippen LogP contribution < -0.4 is 20.5 Å². The molecule has 0 aliphatic rings. The third kappa shape index (κ3) is 3.36. The Kier molecular flexibility index (Phi) is 4.74. The van der Waals surface area contributed by atoms with Gasteiger partial charge in [-0.2, -0.15) is 0 Å². The first-order chi connectivity index (χ1) is 9.63. The average Bonchev–Trinajstić information content (AvgIpc) is 2.45. The van der Waals surface area contributed by atoms with Gasteiger partial charge in [0.2, 0.25) is 0 Å². The molecule has 0 heterocycles. The van der Waals surface area contributed by atoms with Crippen molar-refractivity contribution in [1.82, 2.24) is 0 Å². The van der Waals surface area contributed by atoms with Crippen LogP contribution in [0.5, 0.6) is 11.5 Å². The van der Waals surface area contributed by atoms with Gasteiger partial charge in [0.1, 0.15) is 11.5 Å². The Bertz CT molecular complexity index is 602. The summed E-state index contributed by atoms with van der Waals surface area (Å²) in [6.07, 6.45) is 0. The van der Waals surface area contributed by atoms with Crippen LogP contribution in [0.15, 0.2) is 40.9 Å². The van der Waals surface area contributed by atoms with Crippen LogP contribution in [0.25, 0.3) is 0 Å². The summed E-state index contributed by atoms with van der Waals surface area (Å²) in [6, 6.07) is 11.3. The standard InChI is InChI=1S/C15H17BrN2O2/c1-3-20-15-8-10(4-7-13(15)17)18-14-9-11(19-2)5-6-12(14)16/h4-9,18H,3,17H2,1-2H3. The smallest absolute Gasteiger partial charge is 0.144 e. The van der Waals surface area contributed by atoms with E-state index in [1.165, 1.54) is 0 Å². The van der Waals surface area contributed by atoms with E-state index in [9.17, 15) is 0 Å². The minimum atomic E-state index is 0.580. The van der Waals surface area contributed by atoms with E-state index in [-0.39, 0.29) is 0 Å². The Morgan fingerprint density at radius 1 is 1.20 bits per heavy atom. The highest BCUT2D eigenvalue weighted by Crippen LogP contribution is 2.32. The van der Waals surface area contributed by atoms with Crippen molar-refractivity contribution >= 4 is 33.0 Å². The number of nitrogens with two attached hydrogens (primary N) is 1. The molecule has 4 nitrogen and oxygen atoms in total. The van der Waals surface area contributed by atoms with E-state index in [1.54, 1.807) is 7.11 Å². The van der Waals surface area contributed by atoms with Gasteiger partial charge in [-0.05, 0) is 47.1 Å². The van der Waals surface area contributed by atoms with Crippen LogP contribution in [-0.4, -0.2) is 13.7 Å². The number of hydrogen-bond acceptors (Lipinski definition) is 4. The maximum atomic E-state index is 5.86. The zero-order valence-electron chi connectivity index (χ0n) is 11.4. The topological polar surface area (TPSA) is 56.5 Å². The molecular formula is C15H17BrN2O2. The third-order valence-electron chi connectivity index (χ3n) is 2.77. The van der Waals surface area contributed by atoms with E-state index in [0.29, 0.717) is 18.0 Å². The lowest BCUT2D eigenvalue weighted by molar-refractivity contribution is 0.342. The zero-order valence-corrected chi connectivity index (χ0v) is 13.0. The van der Waals surface area contributed by atoms with Crippen LogP contribution in [0.3, 0.4) is 0 Å². The van der Waals surface area contributed by atoms with Gasteiger partial charge in [0.25, 0.3) is 0 Å².